The predicted molar refractivity (Wildman–Crippen MR) is 77.1 cm³/mol. The molecule has 90 valence electrons. The van der Waals surface area contributed by atoms with E-state index < -0.39 is 0 Å². The summed E-state index contributed by atoms with van der Waals surface area (Å²) in [5.74, 6) is 0.718. The van der Waals surface area contributed by atoms with E-state index in [2.05, 4.69) is 36.2 Å². The average Bonchev–Trinajstić information content (AvgIpc) is 2.29. The Morgan fingerprint density at radius 3 is 2.88 bits per heavy atom. The van der Waals surface area contributed by atoms with Gasteiger partial charge in [-0.15, -0.1) is 23.4 Å². The molecule has 0 aliphatic rings. The van der Waals surface area contributed by atoms with E-state index >= 15 is 0 Å². The van der Waals surface area contributed by atoms with Gasteiger partial charge in [0.1, 0.15) is 0 Å². The molecule has 1 aromatic heterocycles. The highest BCUT2D eigenvalue weighted by Crippen LogP contribution is 2.31. The molecule has 0 spiro atoms. The van der Waals surface area contributed by atoms with E-state index in [1.54, 1.807) is 0 Å². The van der Waals surface area contributed by atoms with E-state index in [1.165, 1.54) is 10.3 Å². The van der Waals surface area contributed by atoms with Gasteiger partial charge in [0.05, 0.1) is 5.52 Å². The van der Waals surface area contributed by atoms with Gasteiger partial charge in [-0.3, -0.25) is 4.98 Å². The molecule has 1 nitrogen and oxygen atoms in total. The summed E-state index contributed by atoms with van der Waals surface area (Å²) in [7, 11) is 0. The Balaban J connectivity index is 2.38. The largest absolute Gasteiger partial charge is 0.253 e. The van der Waals surface area contributed by atoms with Gasteiger partial charge in [-0.2, -0.15) is 0 Å². The molecule has 0 fully saturated rings. The number of hydrogen-bond acceptors (Lipinski definition) is 2. The number of para-hydroxylation sites is 1. The van der Waals surface area contributed by atoms with Gasteiger partial charge in [0.15, 0.2) is 0 Å². The molecule has 0 saturated carbocycles. The number of alkyl halides is 1. The lowest BCUT2D eigenvalue weighted by molar-refractivity contribution is 0.912. The molecule has 0 radical (unpaired) electrons. The molecular formula is C14H16ClNS. The SMILES string of the molecule is Cc1cc(SC(C)CCCl)c2ccccc2n1. The molecule has 17 heavy (non-hydrogen) atoms. The highest BCUT2D eigenvalue weighted by molar-refractivity contribution is 8.00. The zero-order valence-electron chi connectivity index (χ0n) is 10.1. The van der Waals surface area contributed by atoms with Crippen LogP contribution in [0.25, 0.3) is 10.9 Å². The first-order chi connectivity index (χ1) is 8.20. The van der Waals surface area contributed by atoms with E-state index in [4.69, 9.17) is 11.6 Å². The Kier molecular flexibility index (Phi) is 4.30. The van der Waals surface area contributed by atoms with Gasteiger partial charge in [-0.25, -0.2) is 0 Å². The standard InChI is InChI=1S/C14H16ClNS/c1-10-9-14(17-11(2)7-8-15)12-5-3-4-6-13(12)16-10/h3-6,9,11H,7-8H2,1-2H3. The highest BCUT2D eigenvalue weighted by Gasteiger charge is 2.08. The molecule has 0 aliphatic carbocycles. The number of hydrogen-bond donors (Lipinski definition) is 0. The summed E-state index contributed by atoms with van der Waals surface area (Å²) in [5, 5.41) is 1.78. The maximum atomic E-state index is 5.79. The third-order valence-electron chi connectivity index (χ3n) is 2.65. The number of halogens is 1. The molecule has 2 rings (SSSR count). The van der Waals surface area contributed by atoms with Crippen LogP contribution in [0.5, 0.6) is 0 Å². The molecule has 1 heterocycles. The van der Waals surface area contributed by atoms with Gasteiger partial charge in [-0.05, 0) is 25.5 Å². The summed E-state index contributed by atoms with van der Waals surface area (Å²) < 4.78 is 0. The van der Waals surface area contributed by atoms with Crippen molar-refractivity contribution in [3.05, 3.63) is 36.0 Å². The predicted octanol–water partition coefficient (Wildman–Crippen LogP) is 4.65. The van der Waals surface area contributed by atoms with Crippen molar-refractivity contribution in [2.45, 2.75) is 30.4 Å². The van der Waals surface area contributed by atoms with Crippen LogP contribution < -0.4 is 0 Å². The van der Waals surface area contributed by atoms with Crippen LogP contribution in [-0.4, -0.2) is 16.1 Å². The van der Waals surface area contributed by atoms with Crippen LogP contribution >= 0.6 is 23.4 Å². The summed E-state index contributed by atoms with van der Waals surface area (Å²) in [6.07, 6.45) is 1.03. The first-order valence-electron chi connectivity index (χ1n) is 5.79. The topological polar surface area (TPSA) is 12.9 Å². The molecule has 0 N–H and O–H groups in total. The number of fused-ring (bicyclic) bond motifs is 1. The van der Waals surface area contributed by atoms with Gasteiger partial charge >= 0.3 is 0 Å². The Hall–Kier alpha value is -0.730. The number of rotatable bonds is 4. The van der Waals surface area contributed by atoms with E-state index in [0.717, 1.165) is 23.5 Å². The van der Waals surface area contributed by atoms with Crippen molar-refractivity contribution in [1.82, 2.24) is 4.98 Å². The summed E-state index contributed by atoms with van der Waals surface area (Å²) in [6.45, 7) is 4.26. The van der Waals surface area contributed by atoms with E-state index in [-0.39, 0.29) is 0 Å². The van der Waals surface area contributed by atoms with Crippen molar-refractivity contribution in [1.29, 1.82) is 0 Å². The van der Waals surface area contributed by atoms with Crippen LogP contribution in [0.1, 0.15) is 19.0 Å². The van der Waals surface area contributed by atoms with Crippen molar-refractivity contribution in [3.63, 3.8) is 0 Å². The first kappa shape index (κ1) is 12.7. The van der Waals surface area contributed by atoms with Crippen LogP contribution in [0.2, 0.25) is 0 Å². The molecule has 0 saturated heterocycles. The molecule has 0 bridgehead atoms. The minimum atomic E-state index is 0.540. The number of aryl methyl sites for hydroxylation is 1. The van der Waals surface area contributed by atoms with Crippen molar-refractivity contribution in [3.8, 4) is 0 Å². The van der Waals surface area contributed by atoms with Crippen LogP contribution in [-0.2, 0) is 0 Å². The zero-order valence-corrected chi connectivity index (χ0v) is 11.7. The second-order valence-corrected chi connectivity index (χ2v) is 6.04. The van der Waals surface area contributed by atoms with Crippen molar-refractivity contribution in [2.24, 2.45) is 0 Å². The number of nitrogens with zero attached hydrogens (tertiary/aromatic N) is 1. The lowest BCUT2D eigenvalue weighted by Gasteiger charge is -2.12. The van der Waals surface area contributed by atoms with Crippen molar-refractivity contribution < 1.29 is 0 Å². The Morgan fingerprint density at radius 1 is 1.35 bits per heavy atom. The third kappa shape index (κ3) is 3.14. The second kappa shape index (κ2) is 5.74. The van der Waals surface area contributed by atoms with E-state index in [0.29, 0.717) is 5.25 Å². The van der Waals surface area contributed by atoms with Gasteiger partial charge in [0.2, 0.25) is 0 Å². The normalized spacial score (nSPS) is 12.9. The van der Waals surface area contributed by atoms with Gasteiger partial charge < -0.3 is 0 Å². The van der Waals surface area contributed by atoms with Gasteiger partial charge in [-0.1, -0.05) is 25.1 Å². The minimum absolute atomic E-state index is 0.540. The maximum Gasteiger partial charge on any atom is 0.0716 e. The lowest BCUT2D eigenvalue weighted by Crippen LogP contribution is -1.97. The fourth-order valence-corrected chi connectivity index (χ4v) is 3.46. The highest BCUT2D eigenvalue weighted by atomic mass is 35.5. The molecule has 0 amide bonds. The van der Waals surface area contributed by atoms with E-state index in [9.17, 15) is 0 Å². The third-order valence-corrected chi connectivity index (χ3v) is 4.10. The molecule has 1 aromatic carbocycles. The molecule has 2 aromatic rings. The number of thioether (sulfide) groups is 1. The average molecular weight is 266 g/mol. The quantitative estimate of drug-likeness (QED) is 0.589. The summed E-state index contributed by atoms with van der Waals surface area (Å²) in [5.41, 5.74) is 2.15. The van der Waals surface area contributed by atoms with Crippen LogP contribution in [0, 0.1) is 6.92 Å². The fraction of sp³-hybridized carbons (Fsp3) is 0.357. The molecule has 3 heteroatoms. The number of aromatic nitrogens is 1. The van der Waals surface area contributed by atoms with Crippen molar-refractivity contribution in [2.75, 3.05) is 5.88 Å². The van der Waals surface area contributed by atoms with E-state index in [1.807, 2.05) is 24.8 Å². The molecule has 1 atom stereocenters. The van der Waals surface area contributed by atoms with Crippen LogP contribution in [0.3, 0.4) is 0 Å². The Labute approximate surface area is 112 Å². The summed E-state index contributed by atoms with van der Waals surface area (Å²) >= 11 is 7.67. The summed E-state index contributed by atoms with van der Waals surface area (Å²) in [6, 6.07) is 10.5. The molecular weight excluding hydrogens is 250 g/mol. The fourth-order valence-electron chi connectivity index (χ4n) is 1.80. The first-order valence-corrected chi connectivity index (χ1v) is 7.21. The second-order valence-electron chi connectivity index (χ2n) is 4.19. The van der Waals surface area contributed by atoms with Crippen LogP contribution in [0.15, 0.2) is 35.2 Å². The van der Waals surface area contributed by atoms with Crippen molar-refractivity contribution >= 4 is 34.3 Å². The number of benzene rings is 1. The number of pyridine rings is 1. The lowest BCUT2D eigenvalue weighted by atomic mass is 10.2. The zero-order chi connectivity index (χ0) is 12.3. The van der Waals surface area contributed by atoms with Gasteiger partial charge in [0.25, 0.3) is 0 Å². The minimum Gasteiger partial charge on any atom is -0.253 e. The Bertz CT molecular complexity index is 513. The van der Waals surface area contributed by atoms with Gasteiger partial charge in [0, 0.05) is 27.1 Å². The maximum absolute atomic E-state index is 5.79. The summed E-state index contributed by atoms with van der Waals surface area (Å²) in [4.78, 5) is 5.86. The molecule has 1 unspecified atom stereocenters. The molecule has 0 aliphatic heterocycles. The Morgan fingerprint density at radius 2 is 2.12 bits per heavy atom. The van der Waals surface area contributed by atoms with Crippen LogP contribution in [0.4, 0.5) is 0 Å². The monoisotopic (exact) mass is 265 g/mol. The smallest absolute Gasteiger partial charge is 0.0716 e.